The summed E-state index contributed by atoms with van der Waals surface area (Å²) in [7, 11) is 0. The summed E-state index contributed by atoms with van der Waals surface area (Å²) in [6.45, 7) is 0.828. The third-order valence-electron chi connectivity index (χ3n) is 3.34. The van der Waals surface area contributed by atoms with E-state index in [2.05, 4.69) is 5.32 Å². The highest BCUT2D eigenvalue weighted by atomic mass is 79.9. The minimum atomic E-state index is -4.36. The second-order valence-corrected chi connectivity index (χ2v) is 5.19. The number of aryl methyl sites for hydroxylation is 1. The molecule has 1 amide bonds. The lowest BCUT2D eigenvalue weighted by molar-refractivity contribution is -0.697. The number of alkyl halides is 3. The van der Waals surface area contributed by atoms with Crippen molar-refractivity contribution in [2.45, 2.75) is 32.0 Å². The van der Waals surface area contributed by atoms with Crippen molar-refractivity contribution >= 4 is 11.6 Å². The van der Waals surface area contributed by atoms with Crippen LogP contribution in [0, 0.1) is 0 Å². The summed E-state index contributed by atoms with van der Waals surface area (Å²) in [6, 6.07) is 10.3. The van der Waals surface area contributed by atoms with Gasteiger partial charge in [-0.3, -0.25) is 4.79 Å². The summed E-state index contributed by atoms with van der Waals surface area (Å²) >= 11 is 0. The van der Waals surface area contributed by atoms with Gasteiger partial charge in [-0.15, -0.1) is 0 Å². The van der Waals surface area contributed by atoms with Gasteiger partial charge in [0.15, 0.2) is 12.4 Å². The maximum atomic E-state index is 12.4. The zero-order chi connectivity index (χ0) is 16.7. The molecule has 0 aliphatic rings. The van der Waals surface area contributed by atoms with Crippen LogP contribution in [0.5, 0.6) is 0 Å². The summed E-state index contributed by atoms with van der Waals surface area (Å²) in [5, 5.41) is 2.61. The minimum absolute atomic E-state index is 0. The molecule has 1 aromatic heterocycles. The van der Waals surface area contributed by atoms with E-state index >= 15 is 0 Å². The maximum absolute atomic E-state index is 12.4. The fourth-order valence-corrected chi connectivity index (χ4v) is 2.13. The van der Waals surface area contributed by atoms with Crippen LogP contribution in [0.2, 0.25) is 0 Å². The Morgan fingerprint density at radius 1 is 1.00 bits per heavy atom. The van der Waals surface area contributed by atoms with Crippen molar-refractivity contribution < 1.29 is 39.5 Å². The SMILES string of the molecule is O=C(CCCC[n+]1ccccc1)Nc1ccc(C(F)(F)F)cc1.[Br-]. The van der Waals surface area contributed by atoms with Gasteiger partial charge in [0.2, 0.25) is 5.91 Å². The molecule has 0 fully saturated rings. The lowest BCUT2D eigenvalue weighted by Gasteiger charge is -2.08. The van der Waals surface area contributed by atoms with Gasteiger partial charge in [0.1, 0.15) is 6.54 Å². The van der Waals surface area contributed by atoms with Gasteiger partial charge < -0.3 is 22.3 Å². The minimum Gasteiger partial charge on any atom is -1.00 e. The smallest absolute Gasteiger partial charge is 0.416 e. The molecule has 1 aromatic carbocycles. The second-order valence-electron chi connectivity index (χ2n) is 5.19. The van der Waals surface area contributed by atoms with Crippen LogP contribution < -0.4 is 26.9 Å². The molecular weight excluding hydrogens is 385 g/mol. The topological polar surface area (TPSA) is 33.0 Å². The highest BCUT2D eigenvalue weighted by molar-refractivity contribution is 5.90. The van der Waals surface area contributed by atoms with Gasteiger partial charge in [-0.1, -0.05) is 6.07 Å². The molecule has 0 saturated heterocycles. The van der Waals surface area contributed by atoms with Gasteiger partial charge in [-0.05, 0) is 30.7 Å². The van der Waals surface area contributed by atoms with Crippen LogP contribution in [0.25, 0.3) is 0 Å². The van der Waals surface area contributed by atoms with Crippen LogP contribution in [0.1, 0.15) is 24.8 Å². The summed E-state index contributed by atoms with van der Waals surface area (Å²) in [5.41, 5.74) is -0.351. The second kappa shape index (κ2) is 9.42. The van der Waals surface area contributed by atoms with E-state index in [0.29, 0.717) is 18.5 Å². The van der Waals surface area contributed by atoms with E-state index in [4.69, 9.17) is 0 Å². The number of unbranched alkanes of at least 4 members (excludes halogenated alkanes) is 1. The normalized spacial score (nSPS) is 10.8. The average molecular weight is 403 g/mol. The number of aromatic nitrogens is 1. The molecule has 0 spiro atoms. The number of hydrogen-bond donors (Lipinski definition) is 1. The summed E-state index contributed by atoms with van der Waals surface area (Å²) < 4.78 is 39.4. The molecule has 130 valence electrons. The molecule has 0 atom stereocenters. The van der Waals surface area contributed by atoms with Crippen molar-refractivity contribution in [1.29, 1.82) is 0 Å². The Morgan fingerprint density at radius 2 is 1.62 bits per heavy atom. The largest absolute Gasteiger partial charge is 1.00 e. The Morgan fingerprint density at radius 3 is 2.21 bits per heavy atom. The number of amides is 1. The first-order chi connectivity index (χ1) is 10.9. The molecule has 2 rings (SSSR count). The van der Waals surface area contributed by atoms with Gasteiger partial charge in [0.05, 0.1) is 5.56 Å². The first-order valence-corrected chi connectivity index (χ1v) is 7.36. The number of rotatable bonds is 6. The van der Waals surface area contributed by atoms with Crippen molar-refractivity contribution in [3.63, 3.8) is 0 Å². The molecule has 1 N–H and O–H groups in total. The molecule has 24 heavy (non-hydrogen) atoms. The molecule has 0 bridgehead atoms. The van der Waals surface area contributed by atoms with Gasteiger partial charge in [-0.25, -0.2) is 4.57 Å². The van der Waals surface area contributed by atoms with E-state index in [1.165, 1.54) is 12.1 Å². The van der Waals surface area contributed by atoms with Crippen LogP contribution in [-0.2, 0) is 17.5 Å². The van der Waals surface area contributed by atoms with Crippen LogP contribution >= 0.6 is 0 Å². The first kappa shape index (κ1) is 20.2. The quantitative estimate of drug-likeness (QED) is 0.562. The maximum Gasteiger partial charge on any atom is 0.416 e. The van der Waals surface area contributed by atoms with Crippen molar-refractivity contribution in [1.82, 2.24) is 0 Å². The van der Waals surface area contributed by atoms with Crippen molar-refractivity contribution in [3.8, 4) is 0 Å². The van der Waals surface area contributed by atoms with Crippen LogP contribution in [0.15, 0.2) is 54.9 Å². The van der Waals surface area contributed by atoms with E-state index in [1.807, 2.05) is 35.2 Å². The highest BCUT2D eigenvalue weighted by Crippen LogP contribution is 2.29. The Kier molecular flexibility index (Phi) is 7.91. The number of nitrogens with zero attached hydrogens (tertiary/aromatic N) is 1. The van der Waals surface area contributed by atoms with Gasteiger partial charge in [-0.2, -0.15) is 13.2 Å². The molecule has 7 heteroatoms. The molecule has 1 heterocycles. The molecule has 0 radical (unpaired) electrons. The molecule has 0 aliphatic carbocycles. The van der Waals surface area contributed by atoms with Gasteiger partial charge in [0, 0.05) is 30.7 Å². The fourth-order valence-electron chi connectivity index (χ4n) is 2.13. The molecular formula is C17H18BrF3N2O. The number of nitrogens with one attached hydrogen (secondary N) is 1. The third kappa shape index (κ3) is 6.70. The van der Waals surface area contributed by atoms with Crippen molar-refractivity contribution in [2.75, 3.05) is 5.32 Å². The Hall–Kier alpha value is -1.89. The Balaban J connectivity index is 0.00000288. The van der Waals surface area contributed by atoms with Crippen molar-refractivity contribution in [3.05, 3.63) is 60.4 Å². The molecule has 2 aromatic rings. The first-order valence-electron chi connectivity index (χ1n) is 7.36. The average Bonchev–Trinajstić information content (AvgIpc) is 2.52. The Bertz CT molecular complexity index is 631. The monoisotopic (exact) mass is 402 g/mol. The zero-order valence-corrected chi connectivity index (χ0v) is 14.5. The zero-order valence-electron chi connectivity index (χ0n) is 12.9. The third-order valence-corrected chi connectivity index (χ3v) is 3.34. The number of carbonyl (C=O) groups is 1. The summed E-state index contributed by atoms with van der Waals surface area (Å²) in [4.78, 5) is 11.8. The van der Waals surface area contributed by atoms with E-state index < -0.39 is 11.7 Å². The highest BCUT2D eigenvalue weighted by Gasteiger charge is 2.29. The van der Waals surface area contributed by atoms with Crippen LogP contribution in [0.4, 0.5) is 18.9 Å². The molecule has 0 aliphatic heterocycles. The van der Waals surface area contributed by atoms with Gasteiger partial charge in [0.25, 0.3) is 0 Å². The number of hydrogen-bond acceptors (Lipinski definition) is 1. The van der Waals surface area contributed by atoms with E-state index in [0.717, 1.165) is 25.1 Å². The molecule has 0 unspecified atom stereocenters. The number of pyridine rings is 1. The number of halogens is 4. The van der Waals surface area contributed by atoms with Crippen molar-refractivity contribution in [2.24, 2.45) is 0 Å². The number of carbonyl (C=O) groups excluding carboxylic acids is 1. The van der Waals surface area contributed by atoms with E-state index in [9.17, 15) is 18.0 Å². The molecule has 3 nitrogen and oxygen atoms in total. The predicted molar refractivity (Wildman–Crippen MR) is 80.6 cm³/mol. The van der Waals surface area contributed by atoms with Crippen LogP contribution in [-0.4, -0.2) is 5.91 Å². The van der Waals surface area contributed by atoms with E-state index in [1.54, 1.807) is 0 Å². The lowest BCUT2D eigenvalue weighted by Crippen LogP contribution is -3.00. The lowest BCUT2D eigenvalue weighted by atomic mass is 10.2. The number of benzene rings is 1. The fraction of sp³-hybridized carbons (Fsp3) is 0.294. The van der Waals surface area contributed by atoms with Gasteiger partial charge >= 0.3 is 6.18 Å². The molecule has 0 saturated carbocycles. The number of anilines is 1. The predicted octanol–water partition coefficient (Wildman–Crippen LogP) is 0.806. The van der Waals surface area contributed by atoms with Crippen LogP contribution in [0.3, 0.4) is 0 Å². The standard InChI is InChI=1S/C17H17F3N2O.BrH/c18-17(19,20)14-7-9-15(10-8-14)21-16(23)6-2-5-13-22-11-3-1-4-12-22;/h1,3-4,7-12H,2,5-6,13H2;1H. The van der Waals surface area contributed by atoms with E-state index in [-0.39, 0.29) is 22.9 Å². The summed E-state index contributed by atoms with van der Waals surface area (Å²) in [6.07, 6.45) is 1.47. The Labute approximate surface area is 149 Å². The summed E-state index contributed by atoms with van der Waals surface area (Å²) in [5.74, 6) is -0.192.